The molecular formula is C5H11NO3. The molecule has 4 nitrogen and oxygen atoms in total. The predicted octanol–water partition coefficient (Wildman–Crippen LogP) is -0.867. The van der Waals surface area contributed by atoms with Gasteiger partial charge in [-0.1, -0.05) is 0 Å². The normalized spacial score (nSPS) is 12.8. The van der Waals surface area contributed by atoms with E-state index >= 15 is 0 Å². The van der Waals surface area contributed by atoms with E-state index in [-0.39, 0.29) is 6.61 Å². The fourth-order valence-corrected chi connectivity index (χ4v) is 0.399. The van der Waals surface area contributed by atoms with Crippen LogP contribution >= 0.6 is 0 Å². The summed E-state index contributed by atoms with van der Waals surface area (Å²) in [6, 6.07) is -0.653. The van der Waals surface area contributed by atoms with Crippen molar-refractivity contribution in [1.29, 1.82) is 0 Å². The van der Waals surface area contributed by atoms with E-state index in [1.165, 1.54) is 14.2 Å². The lowest BCUT2D eigenvalue weighted by Crippen LogP contribution is -2.35. The van der Waals surface area contributed by atoms with E-state index in [2.05, 4.69) is 9.47 Å². The third-order valence-corrected chi connectivity index (χ3v) is 0.850. The first-order chi connectivity index (χ1) is 4.22. The second-order valence-corrected chi connectivity index (χ2v) is 1.58. The van der Waals surface area contributed by atoms with Crippen LogP contribution in [0.4, 0.5) is 0 Å². The molecule has 0 unspecified atom stereocenters. The molecule has 0 aromatic carbocycles. The molecule has 0 aromatic rings. The van der Waals surface area contributed by atoms with Crippen molar-refractivity contribution in [3.8, 4) is 0 Å². The molecular weight excluding hydrogens is 122 g/mol. The van der Waals surface area contributed by atoms with Gasteiger partial charge in [0.25, 0.3) is 0 Å². The van der Waals surface area contributed by atoms with E-state index in [1.807, 2.05) is 0 Å². The number of carbonyl (C=O) groups is 1. The second kappa shape index (κ2) is 4.29. The van der Waals surface area contributed by atoms with Gasteiger partial charge in [-0.25, -0.2) is 0 Å². The maximum Gasteiger partial charge on any atom is 0.325 e. The Morgan fingerprint density at radius 3 is 2.56 bits per heavy atom. The standard InChI is InChI=1S/C5H11NO3/c1-8-3-4(6)5(7)9-2/h4H,3,6H2,1-2H3/t4-/m0/s1. The number of hydrogen-bond acceptors (Lipinski definition) is 4. The number of esters is 1. The zero-order valence-corrected chi connectivity index (χ0v) is 5.59. The van der Waals surface area contributed by atoms with Crippen molar-refractivity contribution < 1.29 is 14.3 Å². The highest BCUT2D eigenvalue weighted by atomic mass is 16.5. The Morgan fingerprint density at radius 2 is 2.22 bits per heavy atom. The van der Waals surface area contributed by atoms with Gasteiger partial charge in [0.15, 0.2) is 0 Å². The Balaban J connectivity index is 3.45. The average molecular weight is 133 g/mol. The van der Waals surface area contributed by atoms with Crippen LogP contribution in [-0.4, -0.2) is 32.8 Å². The van der Waals surface area contributed by atoms with Gasteiger partial charge < -0.3 is 15.2 Å². The van der Waals surface area contributed by atoms with E-state index in [9.17, 15) is 4.79 Å². The third kappa shape index (κ3) is 3.05. The lowest BCUT2D eigenvalue weighted by atomic mass is 10.3. The Labute approximate surface area is 53.9 Å². The Kier molecular flexibility index (Phi) is 4.00. The first-order valence-corrected chi connectivity index (χ1v) is 2.54. The topological polar surface area (TPSA) is 61.5 Å². The molecule has 0 saturated heterocycles. The van der Waals surface area contributed by atoms with Gasteiger partial charge in [-0.05, 0) is 0 Å². The van der Waals surface area contributed by atoms with E-state index in [0.29, 0.717) is 0 Å². The van der Waals surface area contributed by atoms with Gasteiger partial charge in [0, 0.05) is 7.11 Å². The van der Waals surface area contributed by atoms with Crippen LogP contribution < -0.4 is 5.73 Å². The summed E-state index contributed by atoms with van der Waals surface area (Å²) in [5.41, 5.74) is 5.24. The highest BCUT2D eigenvalue weighted by Gasteiger charge is 2.11. The molecule has 2 N–H and O–H groups in total. The number of nitrogens with two attached hydrogens (primary N) is 1. The Bertz CT molecular complexity index is 94.2. The Hall–Kier alpha value is -0.610. The van der Waals surface area contributed by atoms with Gasteiger partial charge >= 0.3 is 5.97 Å². The van der Waals surface area contributed by atoms with Crippen molar-refractivity contribution in [1.82, 2.24) is 0 Å². The zero-order valence-electron chi connectivity index (χ0n) is 5.59. The summed E-state index contributed by atoms with van der Waals surface area (Å²) in [5.74, 6) is -0.447. The van der Waals surface area contributed by atoms with E-state index < -0.39 is 12.0 Å². The van der Waals surface area contributed by atoms with Gasteiger partial charge in [-0.15, -0.1) is 0 Å². The number of hydrogen-bond donors (Lipinski definition) is 1. The molecule has 0 radical (unpaired) electrons. The van der Waals surface area contributed by atoms with E-state index in [0.717, 1.165) is 0 Å². The molecule has 1 atom stereocenters. The molecule has 0 aliphatic rings. The van der Waals surface area contributed by atoms with Gasteiger partial charge in [0.1, 0.15) is 6.04 Å². The van der Waals surface area contributed by atoms with Crippen molar-refractivity contribution in [2.75, 3.05) is 20.8 Å². The highest BCUT2D eigenvalue weighted by molar-refractivity contribution is 5.75. The summed E-state index contributed by atoms with van der Waals surface area (Å²) in [5, 5.41) is 0. The number of methoxy groups -OCH3 is 2. The zero-order chi connectivity index (χ0) is 7.28. The van der Waals surface area contributed by atoms with E-state index in [4.69, 9.17) is 5.73 Å². The minimum Gasteiger partial charge on any atom is -0.468 e. The van der Waals surface area contributed by atoms with Crippen LogP contribution in [0.15, 0.2) is 0 Å². The number of rotatable bonds is 3. The summed E-state index contributed by atoms with van der Waals surface area (Å²) in [6.45, 7) is 0.201. The third-order valence-electron chi connectivity index (χ3n) is 0.850. The molecule has 0 amide bonds. The summed E-state index contributed by atoms with van der Waals surface area (Å²) >= 11 is 0. The first-order valence-electron chi connectivity index (χ1n) is 2.54. The molecule has 0 aliphatic heterocycles. The van der Waals surface area contributed by atoms with Crippen molar-refractivity contribution >= 4 is 5.97 Å². The van der Waals surface area contributed by atoms with Gasteiger partial charge in [0.05, 0.1) is 13.7 Å². The minimum absolute atomic E-state index is 0.201. The lowest BCUT2D eigenvalue weighted by molar-refractivity contribution is -0.143. The molecule has 0 bridgehead atoms. The van der Waals surface area contributed by atoms with Crippen LogP contribution in [0.2, 0.25) is 0 Å². The molecule has 0 aromatic heterocycles. The number of ether oxygens (including phenoxy) is 2. The summed E-state index contributed by atoms with van der Waals surface area (Å²) in [4.78, 5) is 10.5. The summed E-state index contributed by atoms with van der Waals surface area (Å²) in [6.07, 6.45) is 0. The van der Waals surface area contributed by atoms with Crippen LogP contribution in [0.1, 0.15) is 0 Å². The maximum atomic E-state index is 10.5. The molecule has 0 saturated carbocycles. The van der Waals surface area contributed by atoms with Crippen molar-refractivity contribution in [3.63, 3.8) is 0 Å². The van der Waals surface area contributed by atoms with Gasteiger partial charge in [-0.3, -0.25) is 4.79 Å². The predicted molar refractivity (Wildman–Crippen MR) is 31.9 cm³/mol. The van der Waals surface area contributed by atoms with E-state index in [1.54, 1.807) is 0 Å². The molecule has 0 aliphatic carbocycles. The van der Waals surface area contributed by atoms with Crippen molar-refractivity contribution in [3.05, 3.63) is 0 Å². The van der Waals surface area contributed by atoms with Gasteiger partial charge in [0.2, 0.25) is 0 Å². The fraction of sp³-hybridized carbons (Fsp3) is 0.800. The molecule has 0 spiro atoms. The first kappa shape index (κ1) is 8.39. The quantitative estimate of drug-likeness (QED) is 0.508. The molecule has 0 heterocycles. The highest BCUT2D eigenvalue weighted by Crippen LogP contribution is 1.82. The Morgan fingerprint density at radius 1 is 1.67 bits per heavy atom. The SMILES string of the molecule is COC[C@H](N)C(=O)OC. The molecule has 0 fully saturated rings. The monoisotopic (exact) mass is 133 g/mol. The van der Waals surface area contributed by atoms with Gasteiger partial charge in [-0.2, -0.15) is 0 Å². The van der Waals surface area contributed by atoms with Crippen LogP contribution in [-0.2, 0) is 14.3 Å². The molecule has 0 rings (SSSR count). The van der Waals surface area contributed by atoms with Crippen LogP contribution in [0.25, 0.3) is 0 Å². The minimum atomic E-state index is -0.653. The lowest BCUT2D eigenvalue weighted by Gasteiger charge is -2.05. The largest absolute Gasteiger partial charge is 0.468 e. The fourth-order valence-electron chi connectivity index (χ4n) is 0.399. The second-order valence-electron chi connectivity index (χ2n) is 1.58. The van der Waals surface area contributed by atoms with Crippen molar-refractivity contribution in [2.24, 2.45) is 5.73 Å². The smallest absolute Gasteiger partial charge is 0.325 e. The average Bonchev–Trinajstić information content (AvgIpc) is 1.87. The molecule has 54 valence electrons. The molecule has 9 heavy (non-hydrogen) atoms. The number of carbonyl (C=O) groups excluding carboxylic acids is 1. The van der Waals surface area contributed by atoms with Crippen LogP contribution in [0.3, 0.4) is 0 Å². The van der Waals surface area contributed by atoms with Crippen molar-refractivity contribution in [2.45, 2.75) is 6.04 Å². The van der Waals surface area contributed by atoms with Crippen LogP contribution in [0, 0.1) is 0 Å². The summed E-state index contributed by atoms with van der Waals surface area (Å²) in [7, 11) is 2.76. The summed E-state index contributed by atoms with van der Waals surface area (Å²) < 4.78 is 8.92. The van der Waals surface area contributed by atoms with Crippen LogP contribution in [0.5, 0.6) is 0 Å². The maximum absolute atomic E-state index is 10.5. The molecule has 4 heteroatoms.